The van der Waals surface area contributed by atoms with Crippen molar-refractivity contribution in [3.05, 3.63) is 36.0 Å². The van der Waals surface area contributed by atoms with E-state index in [9.17, 15) is 44.8 Å². The summed E-state index contributed by atoms with van der Waals surface area (Å²) in [4.78, 5) is 66.0. The summed E-state index contributed by atoms with van der Waals surface area (Å²) in [6.45, 7) is 7.09. The predicted molar refractivity (Wildman–Crippen MR) is 220 cm³/mol. The number of carbonyl (C=O) groups excluding carboxylic acids is 4. The van der Waals surface area contributed by atoms with Crippen molar-refractivity contribution in [3.8, 4) is 11.6 Å². The molecule has 0 spiro atoms. The summed E-state index contributed by atoms with van der Waals surface area (Å²) in [6.07, 6.45) is -3.07. The SMILES string of the molecule is CCOc1ccc2nc(C(F)(F)F)c(O[C@@H]3C[C@H]4C(=O)N[C@@]5(C(=O)NS(=O)(=O)C6(C)CC6)C[C@@H]5/C=C\CC[C@H](C)C[C@@H](COC)[C@H](NC(=O)OC(C)(C)C(C)(F)F)C(=O)N4C3)nc2c1. The first-order valence-electron chi connectivity index (χ1n) is 21.1. The second-order valence-electron chi connectivity index (χ2n) is 18.1. The third-order valence-corrected chi connectivity index (χ3v) is 14.8. The molecular weight excluding hydrogens is 876 g/mol. The largest absolute Gasteiger partial charge is 0.494 e. The Balaban J connectivity index is 1.42. The molecule has 22 heteroatoms. The average molecular weight is 931 g/mol. The first kappa shape index (κ1) is 48.6. The molecule has 0 bridgehead atoms. The minimum Gasteiger partial charge on any atom is -0.494 e. The Labute approximate surface area is 367 Å². The van der Waals surface area contributed by atoms with Crippen LogP contribution in [0.5, 0.6) is 11.6 Å². The fraction of sp³-hybridized carbons (Fsp3) is 0.667. The van der Waals surface area contributed by atoms with Gasteiger partial charge in [0.05, 0.1) is 35.5 Å². The number of alkyl carbamates (subject to hydrolysis) is 1. The van der Waals surface area contributed by atoms with Gasteiger partial charge < -0.3 is 34.5 Å². The van der Waals surface area contributed by atoms with Gasteiger partial charge in [0.25, 0.3) is 11.8 Å². The molecule has 2 aliphatic heterocycles. The van der Waals surface area contributed by atoms with Crippen LogP contribution in [0.25, 0.3) is 11.0 Å². The van der Waals surface area contributed by atoms with Gasteiger partial charge in [-0.2, -0.15) is 13.2 Å². The van der Waals surface area contributed by atoms with Crippen LogP contribution < -0.4 is 24.8 Å². The quantitative estimate of drug-likeness (QED) is 0.180. The Morgan fingerprint density at radius 3 is 2.38 bits per heavy atom. The summed E-state index contributed by atoms with van der Waals surface area (Å²) in [5, 5.41) is 5.10. The Hall–Kier alpha value is -4.86. The first-order chi connectivity index (χ1) is 29.7. The van der Waals surface area contributed by atoms with Crippen LogP contribution in [-0.4, -0.2) is 114 Å². The lowest BCUT2D eigenvalue weighted by Crippen LogP contribution is -2.60. The maximum atomic E-state index is 15.0. The maximum Gasteiger partial charge on any atom is 0.438 e. The van der Waals surface area contributed by atoms with E-state index in [2.05, 4.69) is 25.3 Å². The average Bonchev–Trinajstić information content (AvgIpc) is 4.07. The van der Waals surface area contributed by atoms with Crippen LogP contribution in [0.15, 0.2) is 30.4 Å². The molecule has 4 amide bonds. The summed E-state index contributed by atoms with van der Waals surface area (Å²) in [6, 6.07) is 0.854. The lowest BCUT2D eigenvalue weighted by atomic mass is 9.87. The Morgan fingerprint density at radius 2 is 1.75 bits per heavy atom. The number of amides is 4. The van der Waals surface area contributed by atoms with Crippen LogP contribution in [0.1, 0.15) is 92.2 Å². The van der Waals surface area contributed by atoms with Crippen molar-refractivity contribution in [1.29, 1.82) is 0 Å². The fourth-order valence-electron chi connectivity index (χ4n) is 7.97. The molecule has 3 fully saturated rings. The Kier molecular flexibility index (Phi) is 13.5. The van der Waals surface area contributed by atoms with E-state index in [0.29, 0.717) is 32.6 Å². The summed E-state index contributed by atoms with van der Waals surface area (Å²) in [7, 11) is -2.83. The van der Waals surface area contributed by atoms with E-state index in [1.807, 2.05) is 6.92 Å². The lowest BCUT2D eigenvalue weighted by molar-refractivity contribution is -0.152. The van der Waals surface area contributed by atoms with Gasteiger partial charge in [0.2, 0.25) is 33.4 Å². The number of benzene rings is 1. The monoisotopic (exact) mass is 930 g/mol. The topological polar surface area (TPSA) is 204 Å². The predicted octanol–water partition coefficient (Wildman–Crippen LogP) is 5.44. The zero-order valence-corrected chi connectivity index (χ0v) is 37.5. The van der Waals surface area contributed by atoms with Crippen LogP contribution in [0.3, 0.4) is 0 Å². The number of rotatable bonds is 12. The molecule has 7 atom stereocenters. The molecule has 3 heterocycles. The van der Waals surface area contributed by atoms with Crippen molar-refractivity contribution in [3.63, 3.8) is 0 Å². The zero-order valence-electron chi connectivity index (χ0n) is 36.6. The van der Waals surface area contributed by atoms with E-state index in [0.717, 1.165) is 18.7 Å². The summed E-state index contributed by atoms with van der Waals surface area (Å²) >= 11 is 0. The number of hydrogen-bond donors (Lipinski definition) is 3. The lowest BCUT2D eigenvalue weighted by Gasteiger charge is -2.35. The number of hydrogen-bond acceptors (Lipinski definition) is 12. The van der Waals surface area contributed by atoms with E-state index < -0.39 is 116 Å². The van der Waals surface area contributed by atoms with Gasteiger partial charge >= 0.3 is 12.3 Å². The minimum absolute atomic E-state index is 0.0153. The number of methoxy groups -OCH3 is 1. The smallest absolute Gasteiger partial charge is 0.438 e. The van der Waals surface area contributed by atoms with E-state index in [1.165, 1.54) is 32.2 Å². The highest BCUT2D eigenvalue weighted by Gasteiger charge is 2.63. The molecule has 354 valence electrons. The zero-order chi connectivity index (χ0) is 47.2. The molecule has 16 nitrogen and oxygen atoms in total. The van der Waals surface area contributed by atoms with Crippen LogP contribution in [0.2, 0.25) is 0 Å². The molecule has 4 aliphatic rings. The van der Waals surface area contributed by atoms with Crippen molar-refractivity contribution >= 4 is 44.9 Å². The van der Waals surface area contributed by atoms with Gasteiger partial charge in [-0.25, -0.2) is 32.0 Å². The molecule has 2 aromatic rings. The summed E-state index contributed by atoms with van der Waals surface area (Å²) in [5.74, 6) is -8.88. The molecule has 3 N–H and O–H groups in total. The van der Waals surface area contributed by atoms with E-state index in [1.54, 1.807) is 19.1 Å². The number of carbonyl (C=O) groups is 4. The molecule has 0 unspecified atom stereocenters. The van der Waals surface area contributed by atoms with Gasteiger partial charge in [0.15, 0.2) is 5.60 Å². The number of aromatic nitrogens is 2. The van der Waals surface area contributed by atoms with Gasteiger partial charge in [0, 0.05) is 38.4 Å². The number of sulfonamides is 1. The van der Waals surface area contributed by atoms with Gasteiger partial charge in [0.1, 0.15) is 29.5 Å². The molecule has 1 aromatic carbocycles. The normalized spacial score (nSPS) is 28.1. The molecule has 2 saturated carbocycles. The Morgan fingerprint density at radius 1 is 1.05 bits per heavy atom. The number of alkyl halides is 5. The van der Waals surface area contributed by atoms with Crippen LogP contribution in [0, 0.1) is 17.8 Å². The van der Waals surface area contributed by atoms with Crippen molar-refractivity contribution < 1.29 is 68.5 Å². The maximum absolute atomic E-state index is 15.0. The molecular formula is C42H55F5N6O10S. The molecule has 64 heavy (non-hydrogen) atoms. The number of nitrogens with zero attached hydrogens (tertiary/aromatic N) is 3. The fourth-order valence-corrected chi connectivity index (χ4v) is 9.28. The van der Waals surface area contributed by atoms with Crippen molar-refractivity contribution in [2.45, 2.75) is 133 Å². The van der Waals surface area contributed by atoms with Gasteiger partial charge in [-0.05, 0) is 84.3 Å². The molecule has 1 aromatic heterocycles. The molecule has 2 aliphatic carbocycles. The van der Waals surface area contributed by atoms with Crippen LogP contribution >= 0.6 is 0 Å². The van der Waals surface area contributed by atoms with Gasteiger partial charge in [-0.3, -0.25) is 19.1 Å². The third-order valence-electron chi connectivity index (χ3n) is 12.6. The van der Waals surface area contributed by atoms with Crippen LogP contribution in [-0.2, 0) is 40.1 Å². The van der Waals surface area contributed by atoms with Gasteiger partial charge in [-0.1, -0.05) is 19.1 Å². The first-order valence-corrected chi connectivity index (χ1v) is 22.6. The van der Waals surface area contributed by atoms with E-state index in [4.69, 9.17) is 18.9 Å². The van der Waals surface area contributed by atoms with Crippen molar-refractivity contribution in [2.75, 3.05) is 26.9 Å². The van der Waals surface area contributed by atoms with E-state index >= 15 is 4.79 Å². The number of fused-ring (bicyclic) bond motifs is 3. The Bertz CT molecular complexity index is 2270. The van der Waals surface area contributed by atoms with Crippen LogP contribution in [0.4, 0.5) is 26.7 Å². The molecule has 0 radical (unpaired) electrons. The minimum atomic E-state index is -5.08. The number of halogens is 5. The number of nitrogens with one attached hydrogen (secondary N) is 3. The second kappa shape index (κ2) is 17.8. The molecule has 1 saturated heterocycles. The number of ether oxygens (including phenoxy) is 4. The summed E-state index contributed by atoms with van der Waals surface area (Å²) in [5.41, 5.74) is -5.80. The second-order valence-corrected chi connectivity index (χ2v) is 20.3. The highest BCUT2D eigenvalue weighted by molar-refractivity contribution is 7.91. The van der Waals surface area contributed by atoms with E-state index in [-0.39, 0.29) is 48.8 Å². The van der Waals surface area contributed by atoms with Crippen molar-refractivity contribution in [1.82, 2.24) is 30.2 Å². The number of allylic oxidation sites excluding steroid dienone is 1. The van der Waals surface area contributed by atoms with Crippen molar-refractivity contribution in [2.24, 2.45) is 17.8 Å². The highest BCUT2D eigenvalue weighted by atomic mass is 32.2. The molecule has 6 rings (SSSR count). The van der Waals surface area contributed by atoms with Gasteiger partial charge in [-0.15, -0.1) is 0 Å². The summed E-state index contributed by atoms with van der Waals surface area (Å²) < 4.78 is 122. The standard InChI is InChI=1S/C42H55F5N6O10S/c1-8-61-26-13-14-28-29(18-26)49-34(32(48-28)42(45,46)47)62-27-19-30-33(54)51-41(36(56)52-64(58,59)39(5)15-16-39)20-25(41)12-10-9-11-23(2)17-24(22-60-7)31(35(55)53(30)21-27)50-37(57)63-38(3,4)40(6,43)44/h10,12-14,18,23-25,27,30-31H,8-9,11,15-17,19-22H2,1-7H3,(H,50,57)(H,51,54)(H,52,56)/b12-10-/t23-,24-,25-,27+,30-,31-,41-/m0/s1. The highest BCUT2D eigenvalue weighted by Crippen LogP contribution is 2.48. The third kappa shape index (κ3) is 10.3.